The molecule has 1 aliphatic rings. The highest BCUT2D eigenvalue weighted by atomic mass is 35.5. The highest BCUT2D eigenvalue weighted by molar-refractivity contribution is 6.31. The number of likely N-dealkylation sites (tertiary alicyclic amines) is 1. The molecule has 1 aliphatic heterocycles. The van der Waals surface area contributed by atoms with Crippen molar-refractivity contribution in [2.24, 2.45) is 11.3 Å². The molecule has 2 N–H and O–H groups in total. The van der Waals surface area contributed by atoms with E-state index in [1.165, 1.54) is 10.7 Å². The molecular formula is C33H37ClN4O7. The first-order valence-electron chi connectivity index (χ1n) is 14.8. The molecule has 12 heteroatoms. The van der Waals surface area contributed by atoms with Gasteiger partial charge >= 0.3 is 5.97 Å². The molecule has 1 saturated heterocycles. The van der Waals surface area contributed by atoms with Crippen LogP contribution in [0.5, 0.6) is 5.88 Å². The maximum Gasteiger partial charge on any atom is 0.303 e. The van der Waals surface area contributed by atoms with Gasteiger partial charge in [0, 0.05) is 47.5 Å². The second-order valence-electron chi connectivity index (χ2n) is 12.0. The number of amides is 2. The fourth-order valence-electron chi connectivity index (χ4n) is 4.91. The lowest BCUT2D eigenvalue weighted by molar-refractivity contribution is -0.138. The van der Waals surface area contributed by atoms with Gasteiger partial charge in [0.2, 0.25) is 11.8 Å². The number of hydrogen-bond donors (Lipinski definition) is 2. The number of rotatable bonds is 12. The molecule has 0 bridgehead atoms. The summed E-state index contributed by atoms with van der Waals surface area (Å²) in [5.41, 5.74) is 0.395. The average Bonchev–Trinajstić information content (AvgIpc) is 3.45. The maximum absolute atomic E-state index is 13.6. The number of piperidine rings is 1. The number of Topliss-reactive ketones (excluding diaryl/α,β-unsaturated/α-hetero) is 2. The lowest BCUT2D eigenvalue weighted by Crippen LogP contribution is -2.51. The molecule has 1 fully saturated rings. The number of nitrogens with one attached hydrogen (secondary N) is 1. The number of benzene rings is 2. The Morgan fingerprint density at radius 2 is 1.71 bits per heavy atom. The third-order valence-electron chi connectivity index (χ3n) is 7.63. The molecule has 3 aromatic rings. The minimum Gasteiger partial charge on any atom is -0.481 e. The van der Waals surface area contributed by atoms with E-state index in [-0.39, 0.29) is 61.6 Å². The van der Waals surface area contributed by atoms with E-state index in [0.29, 0.717) is 29.1 Å². The van der Waals surface area contributed by atoms with Gasteiger partial charge in [0.15, 0.2) is 17.3 Å². The lowest BCUT2D eigenvalue weighted by atomic mass is 9.88. The van der Waals surface area contributed by atoms with Crippen LogP contribution in [-0.2, 0) is 14.4 Å². The van der Waals surface area contributed by atoms with Crippen molar-refractivity contribution in [3.05, 3.63) is 76.9 Å². The Morgan fingerprint density at radius 1 is 1.02 bits per heavy atom. The molecule has 4 rings (SSSR count). The summed E-state index contributed by atoms with van der Waals surface area (Å²) in [5.74, 6) is -2.57. The number of ketones is 2. The standard InChI is InChI=1S/C33H37ClN4O7/c1-33(2,3)27(39)20-45-28-19-26(36-38(28)24-10-5-4-6-11-24)31(43)35-25(12-13-29(40)41)32(44)37-16-14-21(15-17-37)30(42)22-8-7-9-23(34)18-22/h4-11,18-19,21,25H,12-17,20H2,1-3H3,(H,35,43)(H,40,41)/t25-/m0/s1. The summed E-state index contributed by atoms with van der Waals surface area (Å²) in [6.07, 6.45) is 0.366. The van der Waals surface area contributed by atoms with Crippen molar-refractivity contribution in [1.29, 1.82) is 0 Å². The number of nitrogens with zero attached hydrogens (tertiary/aromatic N) is 3. The van der Waals surface area contributed by atoms with Crippen LogP contribution in [0.15, 0.2) is 60.7 Å². The summed E-state index contributed by atoms with van der Waals surface area (Å²) in [7, 11) is 0. The fraction of sp³-hybridized carbons (Fsp3) is 0.394. The first-order valence-corrected chi connectivity index (χ1v) is 15.1. The fourth-order valence-corrected chi connectivity index (χ4v) is 5.10. The Labute approximate surface area is 266 Å². The van der Waals surface area contributed by atoms with E-state index in [1.807, 2.05) is 6.07 Å². The number of hydrogen-bond acceptors (Lipinski definition) is 7. The summed E-state index contributed by atoms with van der Waals surface area (Å²) in [6, 6.07) is 15.9. The van der Waals surface area contributed by atoms with Crippen molar-refractivity contribution >= 4 is 41.0 Å². The molecule has 2 aromatic carbocycles. The van der Waals surface area contributed by atoms with Crippen molar-refractivity contribution in [2.75, 3.05) is 19.7 Å². The van der Waals surface area contributed by atoms with Gasteiger partial charge in [-0.05, 0) is 43.5 Å². The van der Waals surface area contributed by atoms with Crippen LogP contribution in [0.4, 0.5) is 0 Å². The Balaban J connectivity index is 1.48. The van der Waals surface area contributed by atoms with E-state index in [0.717, 1.165) is 0 Å². The van der Waals surface area contributed by atoms with Crippen LogP contribution in [0, 0.1) is 11.3 Å². The van der Waals surface area contributed by atoms with Crippen molar-refractivity contribution in [1.82, 2.24) is 20.0 Å². The number of carboxylic acids is 1. The van der Waals surface area contributed by atoms with Crippen LogP contribution in [0.3, 0.4) is 0 Å². The summed E-state index contributed by atoms with van der Waals surface area (Å²) in [4.78, 5) is 65.4. The predicted octanol–water partition coefficient (Wildman–Crippen LogP) is 4.60. The smallest absolute Gasteiger partial charge is 0.303 e. The Kier molecular flexibility index (Phi) is 10.8. The van der Waals surface area contributed by atoms with E-state index in [2.05, 4.69) is 10.4 Å². The van der Waals surface area contributed by atoms with Gasteiger partial charge in [-0.3, -0.25) is 24.0 Å². The Hall–Kier alpha value is -4.51. The zero-order chi connectivity index (χ0) is 32.7. The maximum atomic E-state index is 13.6. The van der Waals surface area contributed by atoms with Crippen molar-refractivity contribution < 1.29 is 33.8 Å². The number of carboxylic acid groups (broad SMARTS) is 1. The molecule has 238 valence electrons. The first-order chi connectivity index (χ1) is 21.3. The zero-order valence-corrected chi connectivity index (χ0v) is 26.3. The third-order valence-corrected chi connectivity index (χ3v) is 7.87. The largest absolute Gasteiger partial charge is 0.481 e. The summed E-state index contributed by atoms with van der Waals surface area (Å²) < 4.78 is 7.18. The monoisotopic (exact) mass is 636 g/mol. The quantitative estimate of drug-likeness (QED) is 0.274. The van der Waals surface area contributed by atoms with Gasteiger partial charge in [0.25, 0.3) is 5.91 Å². The Morgan fingerprint density at radius 3 is 2.33 bits per heavy atom. The number of para-hydroxylation sites is 1. The molecule has 0 saturated carbocycles. The van der Waals surface area contributed by atoms with E-state index in [4.69, 9.17) is 16.3 Å². The molecular weight excluding hydrogens is 600 g/mol. The van der Waals surface area contributed by atoms with Gasteiger partial charge in [0.05, 0.1) is 5.69 Å². The zero-order valence-electron chi connectivity index (χ0n) is 25.5. The molecule has 0 radical (unpaired) electrons. The molecule has 45 heavy (non-hydrogen) atoms. The molecule has 11 nitrogen and oxygen atoms in total. The number of carbonyl (C=O) groups is 5. The van der Waals surface area contributed by atoms with Crippen LogP contribution in [0.25, 0.3) is 5.69 Å². The minimum atomic E-state index is -1.14. The summed E-state index contributed by atoms with van der Waals surface area (Å²) in [5, 5.41) is 16.8. The second-order valence-corrected chi connectivity index (χ2v) is 12.4. The van der Waals surface area contributed by atoms with Crippen LogP contribution in [0.2, 0.25) is 5.02 Å². The van der Waals surface area contributed by atoms with Gasteiger partial charge in [-0.25, -0.2) is 4.68 Å². The normalized spacial score (nSPS) is 14.4. The first kappa shape index (κ1) is 33.4. The van der Waals surface area contributed by atoms with Crippen molar-refractivity contribution in [2.45, 2.75) is 52.5 Å². The number of aromatic nitrogens is 2. The van der Waals surface area contributed by atoms with Gasteiger partial charge in [-0.2, -0.15) is 5.10 Å². The molecule has 0 spiro atoms. The molecule has 0 aliphatic carbocycles. The summed E-state index contributed by atoms with van der Waals surface area (Å²) in [6.45, 7) is 5.65. The van der Waals surface area contributed by atoms with Crippen LogP contribution >= 0.6 is 11.6 Å². The number of carbonyl (C=O) groups excluding carboxylic acids is 4. The van der Waals surface area contributed by atoms with Crippen molar-refractivity contribution in [3.63, 3.8) is 0 Å². The topological polar surface area (TPSA) is 148 Å². The van der Waals surface area contributed by atoms with Gasteiger partial charge in [0.1, 0.15) is 12.6 Å². The third kappa shape index (κ3) is 8.78. The molecule has 2 heterocycles. The minimum absolute atomic E-state index is 0.0449. The van der Waals surface area contributed by atoms with E-state index < -0.39 is 29.2 Å². The molecule has 2 amide bonds. The number of halogens is 1. The van der Waals surface area contributed by atoms with E-state index >= 15 is 0 Å². The van der Waals surface area contributed by atoms with Crippen LogP contribution in [-0.4, -0.2) is 74.9 Å². The Bertz CT molecular complexity index is 1560. The van der Waals surface area contributed by atoms with Gasteiger partial charge < -0.3 is 20.1 Å². The lowest BCUT2D eigenvalue weighted by Gasteiger charge is -2.34. The molecule has 1 atom stereocenters. The predicted molar refractivity (Wildman–Crippen MR) is 167 cm³/mol. The highest BCUT2D eigenvalue weighted by Crippen LogP contribution is 2.25. The van der Waals surface area contributed by atoms with Crippen molar-refractivity contribution in [3.8, 4) is 11.6 Å². The van der Waals surface area contributed by atoms with Gasteiger partial charge in [-0.1, -0.05) is 62.7 Å². The number of ether oxygens (including phenoxy) is 1. The van der Waals surface area contributed by atoms with Crippen LogP contribution in [0.1, 0.15) is 67.3 Å². The molecule has 1 aromatic heterocycles. The highest BCUT2D eigenvalue weighted by Gasteiger charge is 2.33. The van der Waals surface area contributed by atoms with E-state index in [9.17, 15) is 29.1 Å². The molecule has 0 unspecified atom stereocenters. The SMILES string of the molecule is CC(C)(C)C(=O)COc1cc(C(=O)N[C@@H](CCC(=O)O)C(=O)N2CCC(C(=O)c3cccc(Cl)c3)CC2)nn1-c1ccccc1. The average molecular weight is 637 g/mol. The second kappa shape index (κ2) is 14.5. The summed E-state index contributed by atoms with van der Waals surface area (Å²) >= 11 is 6.04. The van der Waals surface area contributed by atoms with E-state index in [1.54, 1.807) is 74.2 Å². The van der Waals surface area contributed by atoms with Gasteiger partial charge in [-0.15, -0.1) is 0 Å². The number of aliphatic carboxylic acids is 1. The van der Waals surface area contributed by atoms with Crippen LogP contribution < -0.4 is 10.1 Å².